The summed E-state index contributed by atoms with van der Waals surface area (Å²) in [7, 11) is 1.51. The molecule has 1 heterocycles. The van der Waals surface area contributed by atoms with Gasteiger partial charge >= 0.3 is 0 Å². The van der Waals surface area contributed by atoms with Crippen LogP contribution in [0.2, 0.25) is 0 Å². The molecule has 0 spiro atoms. The number of benzene rings is 2. The average molecular weight is 368 g/mol. The molecule has 27 heavy (non-hydrogen) atoms. The molecule has 1 atom stereocenters. The molecular formula is C21H18F2N2O2. The summed E-state index contributed by atoms with van der Waals surface area (Å²) in [6, 6.07) is 15.1. The van der Waals surface area contributed by atoms with Gasteiger partial charge < -0.3 is 10.1 Å². The van der Waals surface area contributed by atoms with Crippen molar-refractivity contribution in [2.75, 3.05) is 7.11 Å². The van der Waals surface area contributed by atoms with Gasteiger partial charge in [0.15, 0.2) is 0 Å². The van der Waals surface area contributed by atoms with Crippen LogP contribution >= 0.6 is 0 Å². The van der Waals surface area contributed by atoms with Gasteiger partial charge in [0.1, 0.15) is 23.9 Å². The van der Waals surface area contributed by atoms with E-state index in [9.17, 15) is 13.6 Å². The molecule has 0 saturated carbocycles. The van der Waals surface area contributed by atoms with Crippen LogP contribution in [-0.2, 0) is 6.67 Å². The predicted octanol–water partition coefficient (Wildman–Crippen LogP) is 4.22. The summed E-state index contributed by atoms with van der Waals surface area (Å²) in [5.41, 5.74) is 1.55. The largest absolute Gasteiger partial charge is 0.497 e. The Hall–Kier alpha value is -3.28. The molecule has 0 aliphatic carbocycles. The number of pyridine rings is 1. The van der Waals surface area contributed by atoms with Gasteiger partial charge in [0.25, 0.3) is 5.91 Å². The van der Waals surface area contributed by atoms with E-state index in [1.54, 1.807) is 48.5 Å². The van der Waals surface area contributed by atoms with Crippen LogP contribution in [0.1, 0.15) is 33.2 Å². The zero-order valence-corrected chi connectivity index (χ0v) is 14.7. The average Bonchev–Trinajstić information content (AvgIpc) is 2.72. The third-order valence-corrected chi connectivity index (χ3v) is 4.14. The van der Waals surface area contributed by atoms with Crippen LogP contribution in [-0.4, -0.2) is 18.0 Å². The molecule has 2 aromatic carbocycles. The molecule has 0 unspecified atom stereocenters. The maximum Gasteiger partial charge on any atom is 0.252 e. The van der Waals surface area contributed by atoms with Crippen LogP contribution in [0.3, 0.4) is 0 Å². The first-order valence-corrected chi connectivity index (χ1v) is 8.32. The SMILES string of the molecule is COc1cccc(C(=O)N[C@@H](c2ccc(CF)cc2)c2ncccc2F)c1. The van der Waals surface area contributed by atoms with E-state index in [1.807, 2.05) is 0 Å². The van der Waals surface area contributed by atoms with Crippen LogP contribution in [0.15, 0.2) is 66.9 Å². The molecule has 138 valence electrons. The lowest BCUT2D eigenvalue weighted by Crippen LogP contribution is -2.30. The molecule has 0 bridgehead atoms. The Labute approximate surface area is 155 Å². The molecule has 4 nitrogen and oxygen atoms in total. The molecule has 3 rings (SSSR count). The summed E-state index contributed by atoms with van der Waals surface area (Å²) in [4.78, 5) is 16.8. The smallest absolute Gasteiger partial charge is 0.252 e. The fraction of sp³-hybridized carbons (Fsp3) is 0.143. The molecular weight excluding hydrogens is 350 g/mol. The molecule has 6 heteroatoms. The lowest BCUT2D eigenvalue weighted by molar-refractivity contribution is 0.0941. The Kier molecular flexibility index (Phi) is 5.76. The third kappa shape index (κ3) is 4.28. The van der Waals surface area contributed by atoms with Crippen molar-refractivity contribution < 1.29 is 18.3 Å². The normalized spacial score (nSPS) is 11.7. The topological polar surface area (TPSA) is 51.2 Å². The Morgan fingerprint density at radius 2 is 1.93 bits per heavy atom. The summed E-state index contributed by atoms with van der Waals surface area (Å²) in [6.07, 6.45) is 1.46. The number of methoxy groups -OCH3 is 1. The van der Waals surface area contributed by atoms with Gasteiger partial charge in [0.2, 0.25) is 0 Å². The first kappa shape index (κ1) is 18.5. The number of carbonyl (C=O) groups excluding carboxylic acids is 1. The van der Waals surface area contributed by atoms with Crippen molar-refractivity contribution in [3.05, 3.63) is 95.1 Å². The molecule has 1 N–H and O–H groups in total. The maximum absolute atomic E-state index is 14.3. The van der Waals surface area contributed by atoms with E-state index in [0.717, 1.165) is 0 Å². The van der Waals surface area contributed by atoms with Crippen LogP contribution in [0, 0.1) is 5.82 Å². The number of amides is 1. The van der Waals surface area contributed by atoms with Crippen LogP contribution < -0.4 is 10.1 Å². The van der Waals surface area contributed by atoms with Crippen molar-refractivity contribution in [1.82, 2.24) is 10.3 Å². The summed E-state index contributed by atoms with van der Waals surface area (Å²) in [6.45, 7) is -0.598. The van der Waals surface area contributed by atoms with E-state index in [0.29, 0.717) is 22.4 Å². The molecule has 0 radical (unpaired) electrons. The highest BCUT2D eigenvalue weighted by atomic mass is 19.1. The second-order valence-corrected chi connectivity index (χ2v) is 5.88. The van der Waals surface area contributed by atoms with Crippen molar-refractivity contribution >= 4 is 5.91 Å². The maximum atomic E-state index is 14.3. The highest BCUT2D eigenvalue weighted by molar-refractivity contribution is 5.95. The van der Waals surface area contributed by atoms with Crippen molar-refractivity contribution in [2.45, 2.75) is 12.7 Å². The number of nitrogens with zero attached hydrogens (tertiary/aromatic N) is 1. The zero-order valence-electron chi connectivity index (χ0n) is 14.7. The lowest BCUT2D eigenvalue weighted by Gasteiger charge is -2.20. The summed E-state index contributed by atoms with van der Waals surface area (Å²) in [5.74, 6) is -0.406. The van der Waals surface area contributed by atoms with E-state index in [4.69, 9.17) is 4.74 Å². The Morgan fingerprint density at radius 1 is 1.15 bits per heavy atom. The van der Waals surface area contributed by atoms with E-state index in [2.05, 4.69) is 10.3 Å². The summed E-state index contributed by atoms with van der Waals surface area (Å²) >= 11 is 0. The Morgan fingerprint density at radius 3 is 2.59 bits per heavy atom. The van der Waals surface area contributed by atoms with Gasteiger partial charge in [-0.15, -0.1) is 0 Å². The molecule has 0 aliphatic rings. The molecule has 0 fully saturated rings. The molecule has 0 aliphatic heterocycles. The quantitative estimate of drug-likeness (QED) is 0.709. The van der Waals surface area contributed by atoms with Crippen molar-refractivity contribution in [2.24, 2.45) is 0 Å². The first-order valence-electron chi connectivity index (χ1n) is 8.32. The zero-order chi connectivity index (χ0) is 19.2. The fourth-order valence-corrected chi connectivity index (χ4v) is 2.70. The van der Waals surface area contributed by atoms with Gasteiger partial charge in [-0.1, -0.05) is 30.3 Å². The van der Waals surface area contributed by atoms with Gasteiger partial charge in [-0.3, -0.25) is 9.78 Å². The summed E-state index contributed by atoms with van der Waals surface area (Å²) in [5, 5.41) is 2.80. The number of aromatic nitrogens is 1. The first-order chi connectivity index (χ1) is 13.1. The highest BCUT2D eigenvalue weighted by Gasteiger charge is 2.22. The molecule has 0 saturated heterocycles. The molecule has 1 aromatic heterocycles. The van der Waals surface area contributed by atoms with Crippen molar-refractivity contribution in [3.63, 3.8) is 0 Å². The minimum Gasteiger partial charge on any atom is -0.497 e. The van der Waals surface area contributed by atoms with Gasteiger partial charge in [0.05, 0.1) is 13.2 Å². The fourth-order valence-electron chi connectivity index (χ4n) is 2.70. The van der Waals surface area contributed by atoms with E-state index in [-0.39, 0.29) is 5.69 Å². The molecule has 1 amide bonds. The standard InChI is InChI=1S/C21H18F2N2O2/c1-27-17-5-2-4-16(12-17)21(26)25-19(20-18(23)6-3-11-24-20)15-9-7-14(13-22)8-10-15/h2-12,19H,13H2,1H3,(H,25,26)/t19-/m0/s1. The van der Waals surface area contributed by atoms with Gasteiger partial charge in [0, 0.05) is 11.8 Å². The number of alkyl halides is 1. The number of ether oxygens (including phenoxy) is 1. The van der Waals surface area contributed by atoms with Crippen molar-refractivity contribution in [1.29, 1.82) is 0 Å². The minimum absolute atomic E-state index is 0.0849. The van der Waals surface area contributed by atoms with E-state index in [1.165, 1.54) is 25.4 Å². The second kappa shape index (κ2) is 8.40. The van der Waals surface area contributed by atoms with Crippen LogP contribution in [0.5, 0.6) is 5.75 Å². The number of nitrogens with one attached hydrogen (secondary N) is 1. The number of hydrogen-bond donors (Lipinski definition) is 1. The summed E-state index contributed by atoms with van der Waals surface area (Å²) < 4.78 is 32.3. The van der Waals surface area contributed by atoms with Crippen molar-refractivity contribution in [3.8, 4) is 5.75 Å². The molecule has 3 aromatic rings. The second-order valence-electron chi connectivity index (χ2n) is 5.88. The third-order valence-electron chi connectivity index (χ3n) is 4.14. The monoisotopic (exact) mass is 368 g/mol. The number of halogens is 2. The highest BCUT2D eigenvalue weighted by Crippen LogP contribution is 2.24. The van der Waals surface area contributed by atoms with Crippen LogP contribution in [0.25, 0.3) is 0 Å². The van der Waals surface area contributed by atoms with Gasteiger partial charge in [-0.25, -0.2) is 8.78 Å². The van der Waals surface area contributed by atoms with Crippen LogP contribution in [0.4, 0.5) is 8.78 Å². The number of rotatable bonds is 6. The Bertz CT molecular complexity index is 929. The minimum atomic E-state index is -0.821. The number of carbonyl (C=O) groups is 1. The van der Waals surface area contributed by atoms with Gasteiger partial charge in [-0.05, 0) is 41.5 Å². The van der Waals surface area contributed by atoms with Gasteiger partial charge in [-0.2, -0.15) is 0 Å². The Balaban J connectivity index is 1.96. The lowest BCUT2D eigenvalue weighted by atomic mass is 10.0. The predicted molar refractivity (Wildman–Crippen MR) is 97.8 cm³/mol. The number of hydrogen-bond acceptors (Lipinski definition) is 3. The van der Waals surface area contributed by atoms with E-state index < -0.39 is 24.4 Å². The van der Waals surface area contributed by atoms with E-state index >= 15 is 0 Å².